The van der Waals surface area contributed by atoms with Gasteiger partial charge in [0.05, 0.1) is 6.04 Å². The smallest absolute Gasteiger partial charge is 0.0505 e. The van der Waals surface area contributed by atoms with Crippen molar-refractivity contribution in [2.75, 3.05) is 13.1 Å². The fraction of sp³-hybridized carbons (Fsp3) is 0.692. The molecule has 0 spiro atoms. The molecule has 4 heteroatoms. The molecule has 1 aliphatic heterocycles. The van der Waals surface area contributed by atoms with Crippen LogP contribution in [0.5, 0.6) is 0 Å². The van der Waals surface area contributed by atoms with E-state index in [1.54, 1.807) is 11.3 Å². The first-order valence-electron chi connectivity index (χ1n) is 6.25. The molecule has 2 N–H and O–H groups in total. The van der Waals surface area contributed by atoms with E-state index in [2.05, 4.69) is 54.3 Å². The standard InChI is InChI=1S/C13H22N2S2/c1-9-6-15(7-10(2)17-9)13(11(3)14)12-4-5-16-8-12/h4-5,8-11,13H,6-7,14H2,1-3H3. The van der Waals surface area contributed by atoms with Gasteiger partial charge in [0, 0.05) is 29.6 Å². The Balaban J connectivity index is 2.16. The zero-order valence-electron chi connectivity index (χ0n) is 10.8. The van der Waals surface area contributed by atoms with E-state index in [1.165, 1.54) is 5.56 Å². The van der Waals surface area contributed by atoms with Gasteiger partial charge in [-0.15, -0.1) is 0 Å². The Morgan fingerprint density at radius 2 is 2.00 bits per heavy atom. The number of rotatable bonds is 3. The first kappa shape index (κ1) is 13.4. The van der Waals surface area contributed by atoms with Crippen molar-refractivity contribution in [1.29, 1.82) is 0 Å². The summed E-state index contributed by atoms with van der Waals surface area (Å²) in [5, 5.41) is 5.80. The molecule has 2 heterocycles. The minimum Gasteiger partial charge on any atom is -0.326 e. The van der Waals surface area contributed by atoms with Gasteiger partial charge in [-0.25, -0.2) is 0 Å². The second kappa shape index (κ2) is 5.74. The molecule has 0 radical (unpaired) electrons. The van der Waals surface area contributed by atoms with Crippen molar-refractivity contribution < 1.29 is 0 Å². The molecule has 0 bridgehead atoms. The van der Waals surface area contributed by atoms with E-state index >= 15 is 0 Å². The van der Waals surface area contributed by atoms with Crippen LogP contribution in [0.2, 0.25) is 0 Å². The lowest BCUT2D eigenvalue weighted by Gasteiger charge is -2.41. The maximum absolute atomic E-state index is 6.21. The summed E-state index contributed by atoms with van der Waals surface area (Å²) in [7, 11) is 0. The lowest BCUT2D eigenvalue weighted by atomic mass is 10.0. The van der Waals surface area contributed by atoms with Crippen molar-refractivity contribution in [3.05, 3.63) is 22.4 Å². The van der Waals surface area contributed by atoms with Crippen LogP contribution < -0.4 is 5.73 Å². The Morgan fingerprint density at radius 1 is 1.35 bits per heavy atom. The maximum Gasteiger partial charge on any atom is 0.0505 e. The summed E-state index contributed by atoms with van der Waals surface area (Å²) in [5.74, 6) is 0. The van der Waals surface area contributed by atoms with Gasteiger partial charge < -0.3 is 5.73 Å². The van der Waals surface area contributed by atoms with Gasteiger partial charge in [0.2, 0.25) is 0 Å². The average molecular weight is 270 g/mol. The molecule has 0 aromatic carbocycles. The molecule has 0 aliphatic carbocycles. The molecule has 4 atom stereocenters. The van der Waals surface area contributed by atoms with Crippen LogP contribution in [0.3, 0.4) is 0 Å². The van der Waals surface area contributed by atoms with E-state index in [4.69, 9.17) is 5.73 Å². The van der Waals surface area contributed by atoms with Gasteiger partial charge in [0.25, 0.3) is 0 Å². The summed E-state index contributed by atoms with van der Waals surface area (Å²) in [4.78, 5) is 2.57. The van der Waals surface area contributed by atoms with Crippen LogP contribution >= 0.6 is 23.1 Å². The van der Waals surface area contributed by atoms with E-state index in [1.807, 2.05) is 0 Å². The van der Waals surface area contributed by atoms with Crippen LogP contribution in [0.4, 0.5) is 0 Å². The van der Waals surface area contributed by atoms with Crippen molar-refractivity contribution in [2.45, 2.75) is 43.4 Å². The number of nitrogens with zero attached hydrogens (tertiary/aromatic N) is 1. The van der Waals surface area contributed by atoms with Gasteiger partial charge in [-0.3, -0.25) is 4.90 Å². The second-order valence-corrected chi connectivity index (χ2v) is 7.73. The number of thioether (sulfide) groups is 1. The highest BCUT2D eigenvalue weighted by molar-refractivity contribution is 8.00. The molecule has 0 saturated carbocycles. The molecule has 0 amide bonds. The highest BCUT2D eigenvalue weighted by atomic mass is 32.2. The Kier molecular flexibility index (Phi) is 4.53. The monoisotopic (exact) mass is 270 g/mol. The summed E-state index contributed by atoms with van der Waals surface area (Å²) >= 11 is 3.85. The maximum atomic E-state index is 6.21. The summed E-state index contributed by atoms with van der Waals surface area (Å²) in [6.45, 7) is 9.06. The van der Waals surface area contributed by atoms with Crippen LogP contribution in [0.25, 0.3) is 0 Å². The van der Waals surface area contributed by atoms with Crippen LogP contribution in [-0.4, -0.2) is 34.5 Å². The zero-order valence-corrected chi connectivity index (χ0v) is 12.4. The summed E-state index contributed by atoms with van der Waals surface area (Å²) in [6, 6.07) is 2.79. The molecule has 1 aromatic heterocycles. The van der Waals surface area contributed by atoms with E-state index in [9.17, 15) is 0 Å². The first-order valence-corrected chi connectivity index (χ1v) is 8.13. The normalized spacial score (nSPS) is 30.1. The zero-order chi connectivity index (χ0) is 12.4. The van der Waals surface area contributed by atoms with Crippen molar-refractivity contribution in [1.82, 2.24) is 4.90 Å². The molecule has 1 fully saturated rings. The minimum absolute atomic E-state index is 0.187. The fourth-order valence-electron chi connectivity index (χ4n) is 2.73. The molecule has 1 saturated heterocycles. The minimum atomic E-state index is 0.187. The van der Waals surface area contributed by atoms with E-state index in [-0.39, 0.29) is 6.04 Å². The number of thiophene rings is 1. The lowest BCUT2D eigenvalue weighted by molar-refractivity contribution is 0.175. The Hall–Kier alpha value is -0.0300. The third-order valence-corrected chi connectivity index (χ3v) is 5.15. The van der Waals surface area contributed by atoms with Crippen molar-refractivity contribution in [3.8, 4) is 0 Å². The van der Waals surface area contributed by atoms with Crippen molar-refractivity contribution >= 4 is 23.1 Å². The Labute approximate surface area is 113 Å². The third-order valence-electron chi connectivity index (χ3n) is 3.22. The van der Waals surface area contributed by atoms with E-state index in [0.717, 1.165) is 13.1 Å². The van der Waals surface area contributed by atoms with Crippen LogP contribution in [-0.2, 0) is 0 Å². The Bertz CT molecular complexity index is 327. The number of hydrogen-bond acceptors (Lipinski definition) is 4. The van der Waals surface area contributed by atoms with Gasteiger partial charge in [-0.1, -0.05) is 13.8 Å². The molecular weight excluding hydrogens is 248 g/mol. The van der Waals surface area contributed by atoms with Crippen molar-refractivity contribution in [3.63, 3.8) is 0 Å². The SMILES string of the molecule is CC1CN(C(c2ccsc2)C(C)N)CC(C)S1. The quantitative estimate of drug-likeness (QED) is 0.915. The fourth-order valence-corrected chi connectivity index (χ4v) is 4.77. The number of nitrogens with two attached hydrogens (primary N) is 1. The lowest BCUT2D eigenvalue weighted by Crippen LogP contribution is -2.47. The second-order valence-electron chi connectivity index (χ2n) is 5.07. The molecule has 4 unspecified atom stereocenters. The molecule has 1 aliphatic rings. The van der Waals surface area contributed by atoms with Crippen molar-refractivity contribution in [2.24, 2.45) is 5.73 Å². The molecule has 1 aromatic rings. The first-order chi connectivity index (χ1) is 8.08. The topological polar surface area (TPSA) is 29.3 Å². The molecular formula is C13H22N2S2. The van der Waals surface area contributed by atoms with Crippen LogP contribution in [0.1, 0.15) is 32.4 Å². The average Bonchev–Trinajstić information content (AvgIpc) is 2.68. The predicted molar refractivity (Wildman–Crippen MR) is 78.8 cm³/mol. The summed E-state index contributed by atoms with van der Waals surface area (Å²) in [6.07, 6.45) is 0. The van der Waals surface area contributed by atoms with E-state index < -0.39 is 0 Å². The third kappa shape index (κ3) is 3.25. The molecule has 96 valence electrons. The molecule has 17 heavy (non-hydrogen) atoms. The molecule has 2 rings (SSSR count). The Morgan fingerprint density at radius 3 is 2.47 bits per heavy atom. The van der Waals surface area contributed by atoms with Gasteiger partial charge >= 0.3 is 0 Å². The van der Waals surface area contributed by atoms with Crippen LogP contribution in [0, 0.1) is 0 Å². The van der Waals surface area contributed by atoms with Crippen LogP contribution in [0.15, 0.2) is 16.8 Å². The van der Waals surface area contributed by atoms with Gasteiger partial charge in [0.1, 0.15) is 0 Å². The van der Waals surface area contributed by atoms with Gasteiger partial charge in [0.15, 0.2) is 0 Å². The number of hydrogen-bond donors (Lipinski definition) is 1. The van der Waals surface area contributed by atoms with Gasteiger partial charge in [-0.05, 0) is 29.3 Å². The highest BCUT2D eigenvalue weighted by Crippen LogP contribution is 2.33. The largest absolute Gasteiger partial charge is 0.326 e. The highest BCUT2D eigenvalue weighted by Gasteiger charge is 2.30. The molecule has 2 nitrogen and oxygen atoms in total. The van der Waals surface area contributed by atoms with Gasteiger partial charge in [-0.2, -0.15) is 23.1 Å². The predicted octanol–water partition coefficient (Wildman–Crippen LogP) is 2.96. The summed E-state index contributed by atoms with van der Waals surface area (Å²) in [5.41, 5.74) is 7.59. The van der Waals surface area contributed by atoms with E-state index in [0.29, 0.717) is 16.5 Å². The summed E-state index contributed by atoms with van der Waals surface area (Å²) < 4.78 is 0.